The minimum absolute atomic E-state index is 0.0437. The van der Waals surface area contributed by atoms with Crippen LogP contribution >= 0.6 is 15.9 Å². The van der Waals surface area contributed by atoms with Crippen LogP contribution in [-0.2, 0) is 0 Å². The summed E-state index contributed by atoms with van der Waals surface area (Å²) in [6.45, 7) is 2.08. The number of nitrogens with one attached hydrogen (secondary N) is 1. The molecule has 1 N–H and O–H groups in total. The van der Waals surface area contributed by atoms with Crippen molar-refractivity contribution in [1.82, 2.24) is 5.32 Å². The third kappa shape index (κ3) is 2.91. The number of hydrogen-bond acceptors (Lipinski definition) is 4. The van der Waals surface area contributed by atoms with E-state index < -0.39 is 4.92 Å². The van der Waals surface area contributed by atoms with E-state index in [1.165, 1.54) is 6.07 Å². The molecule has 0 bridgehead atoms. The van der Waals surface area contributed by atoms with E-state index >= 15 is 0 Å². The Bertz CT molecular complexity index is 621. The number of halogens is 1. The molecule has 0 saturated carbocycles. The standard InChI is InChI=1S/C14H15BrN2O3/c1-3-11(16-2)14-7-6-13(20-14)9-4-5-12(17(18)19)10(15)8-9/h4-8,11,16H,3H2,1-2H3. The van der Waals surface area contributed by atoms with E-state index in [1.807, 2.05) is 19.2 Å². The van der Waals surface area contributed by atoms with Gasteiger partial charge in [-0.15, -0.1) is 0 Å². The van der Waals surface area contributed by atoms with Gasteiger partial charge in [0.2, 0.25) is 0 Å². The summed E-state index contributed by atoms with van der Waals surface area (Å²) in [6.07, 6.45) is 0.924. The Labute approximate surface area is 125 Å². The maximum Gasteiger partial charge on any atom is 0.283 e. The first-order valence-corrected chi connectivity index (χ1v) is 7.07. The summed E-state index contributed by atoms with van der Waals surface area (Å²) in [7, 11) is 1.89. The van der Waals surface area contributed by atoms with Crippen molar-refractivity contribution in [2.45, 2.75) is 19.4 Å². The lowest BCUT2D eigenvalue weighted by molar-refractivity contribution is -0.385. The molecule has 0 radical (unpaired) electrons. The van der Waals surface area contributed by atoms with Gasteiger partial charge in [-0.1, -0.05) is 6.92 Å². The molecule has 6 heteroatoms. The summed E-state index contributed by atoms with van der Waals surface area (Å²) in [5, 5.41) is 14.0. The van der Waals surface area contributed by atoms with Crippen LogP contribution in [0.2, 0.25) is 0 Å². The van der Waals surface area contributed by atoms with Gasteiger partial charge >= 0.3 is 0 Å². The average Bonchev–Trinajstić information content (AvgIpc) is 2.89. The second-order valence-corrected chi connectivity index (χ2v) is 5.23. The number of nitro groups is 1. The maximum atomic E-state index is 10.8. The van der Waals surface area contributed by atoms with Crippen LogP contribution in [0.4, 0.5) is 5.69 Å². The summed E-state index contributed by atoms with van der Waals surface area (Å²) < 4.78 is 6.26. The first-order chi connectivity index (χ1) is 9.56. The molecular formula is C14H15BrN2O3. The highest BCUT2D eigenvalue weighted by atomic mass is 79.9. The van der Waals surface area contributed by atoms with Gasteiger partial charge in [-0.25, -0.2) is 0 Å². The predicted octanol–water partition coefficient (Wildman–Crippen LogP) is 4.29. The fourth-order valence-corrected chi connectivity index (χ4v) is 2.57. The minimum Gasteiger partial charge on any atom is -0.459 e. The second kappa shape index (κ2) is 6.19. The van der Waals surface area contributed by atoms with Gasteiger partial charge in [0.05, 0.1) is 15.4 Å². The first kappa shape index (κ1) is 14.7. The molecule has 1 aromatic heterocycles. The molecule has 0 aliphatic heterocycles. The van der Waals surface area contributed by atoms with Crippen LogP contribution in [0.5, 0.6) is 0 Å². The van der Waals surface area contributed by atoms with E-state index in [9.17, 15) is 10.1 Å². The van der Waals surface area contributed by atoms with Gasteiger partial charge in [0.1, 0.15) is 11.5 Å². The molecule has 1 heterocycles. The van der Waals surface area contributed by atoms with Crippen molar-refractivity contribution in [2.75, 3.05) is 7.05 Å². The summed E-state index contributed by atoms with van der Waals surface area (Å²) >= 11 is 3.21. The van der Waals surface area contributed by atoms with E-state index in [4.69, 9.17) is 4.42 Å². The van der Waals surface area contributed by atoms with E-state index in [-0.39, 0.29) is 11.7 Å². The van der Waals surface area contributed by atoms with Crippen LogP contribution < -0.4 is 5.32 Å². The Balaban J connectivity index is 2.33. The lowest BCUT2D eigenvalue weighted by Crippen LogP contribution is -2.14. The van der Waals surface area contributed by atoms with Gasteiger partial charge in [0, 0.05) is 11.6 Å². The number of nitrogens with zero attached hydrogens (tertiary/aromatic N) is 1. The predicted molar refractivity (Wildman–Crippen MR) is 80.6 cm³/mol. The maximum absolute atomic E-state index is 10.8. The molecule has 20 heavy (non-hydrogen) atoms. The van der Waals surface area contributed by atoms with Gasteiger partial charge in [-0.3, -0.25) is 10.1 Å². The molecule has 0 fully saturated rings. The molecule has 0 amide bonds. The zero-order valence-electron chi connectivity index (χ0n) is 11.2. The van der Waals surface area contributed by atoms with Crippen molar-refractivity contribution in [1.29, 1.82) is 0 Å². The van der Waals surface area contributed by atoms with Crippen molar-refractivity contribution in [3.63, 3.8) is 0 Å². The number of hydrogen-bond donors (Lipinski definition) is 1. The molecule has 0 spiro atoms. The Morgan fingerprint density at radius 3 is 2.70 bits per heavy atom. The number of nitro benzene ring substituents is 1. The zero-order valence-corrected chi connectivity index (χ0v) is 12.8. The molecule has 0 aliphatic rings. The third-order valence-electron chi connectivity index (χ3n) is 3.16. The molecule has 2 rings (SSSR count). The lowest BCUT2D eigenvalue weighted by Gasteiger charge is -2.09. The molecular weight excluding hydrogens is 324 g/mol. The van der Waals surface area contributed by atoms with E-state index in [0.717, 1.165) is 17.7 Å². The summed E-state index contributed by atoms with van der Waals surface area (Å²) in [5.74, 6) is 1.56. The quantitative estimate of drug-likeness (QED) is 0.652. The highest BCUT2D eigenvalue weighted by Gasteiger charge is 2.16. The Morgan fingerprint density at radius 2 is 2.15 bits per heavy atom. The third-order valence-corrected chi connectivity index (χ3v) is 3.79. The van der Waals surface area contributed by atoms with Crippen LogP contribution in [0.25, 0.3) is 11.3 Å². The van der Waals surface area contributed by atoms with E-state index in [1.54, 1.807) is 12.1 Å². The van der Waals surface area contributed by atoms with Crippen LogP contribution in [0, 0.1) is 10.1 Å². The van der Waals surface area contributed by atoms with Crippen molar-refractivity contribution < 1.29 is 9.34 Å². The minimum atomic E-state index is -0.421. The number of furan rings is 1. The Kier molecular flexibility index (Phi) is 4.57. The van der Waals surface area contributed by atoms with Crippen molar-refractivity contribution >= 4 is 21.6 Å². The Morgan fingerprint density at radius 1 is 1.40 bits per heavy atom. The number of benzene rings is 1. The van der Waals surface area contributed by atoms with Crippen LogP contribution in [0.15, 0.2) is 39.2 Å². The highest BCUT2D eigenvalue weighted by molar-refractivity contribution is 9.10. The van der Waals surface area contributed by atoms with Crippen molar-refractivity contribution in [3.05, 3.63) is 50.7 Å². The number of rotatable bonds is 5. The Hall–Kier alpha value is -1.66. The van der Waals surface area contributed by atoms with Crippen molar-refractivity contribution in [2.24, 2.45) is 0 Å². The van der Waals surface area contributed by atoms with Gasteiger partial charge in [0.15, 0.2) is 0 Å². The van der Waals surface area contributed by atoms with Crippen molar-refractivity contribution in [3.8, 4) is 11.3 Å². The fourth-order valence-electron chi connectivity index (χ4n) is 2.05. The van der Waals surface area contributed by atoms with Crippen LogP contribution in [0.1, 0.15) is 25.1 Å². The average molecular weight is 339 g/mol. The monoisotopic (exact) mass is 338 g/mol. The molecule has 1 unspecified atom stereocenters. The van der Waals surface area contributed by atoms with Gasteiger partial charge < -0.3 is 9.73 Å². The van der Waals surface area contributed by atoms with Gasteiger partial charge in [-0.05, 0) is 53.7 Å². The SMILES string of the molecule is CCC(NC)c1ccc(-c2ccc([N+](=O)[O-])c(Br)c2)o1. The van der Waals surface area contributed by atoms with Crippen LogP contribution in [-0.4, -0.2) is 12.0 Å². The zero-order chi connectivity index (χ0) is 14.7. The largest absolute Gasteiger partial charge is 0.459 e. The highest BCUT2D eigenvalue weighted by Crippen LogP contribution is 2.32. The van der Waals surface area contributed by atoms with E-state index in [2.05, 4.69) is 28.2 Å². The normalized spacial score (nSPS) is 12.3. The summed E-state index contributed by atoms with van der Waals surface area (Å²) in [6, 6.07) is 8.83. The first-order valence-electron chi connectivity index (χ1n) is 6.28. The summed E-state index contributed by atoms with van der Waals surface area (Å²) in [5.41, 5.74) is 0.849. The molecule has 5 nitrogen and oxygen atoms in total. The summed E-state index contributed by atoms with van der Waals surface area (Å²) in [4.78, 5) is 10.4. The topological polar surface area (TPSA) is 68.3 Å². The van der Waals surface area contributed by atoms with E-state index in [0.29, 0.717) is 10.2 Å². The molecule has 106 valence electrons. The van der Waals surface area contributed by atoms with Gasteiger partial charge in [0.25, 0.3) is 5.69 Å². The smallest absolute Gasteiger partial charge is 0.283 e. The lowest BCUT2D eigenvalue weighted by atomic mass is 10.1. The molecule has 1 aromatic carbocycles. The molecule has 2 aromatic rings. The molecule has 0 saturated heterocycles. The molecule has 1 atom stereocenters. The van der Waals surface area contributed by atoms with Gasteiger partial charge in [-0.2, -0.15) is 0 Å². The molecule has 0 aliphatic carbocycles. The fraction of sp³-hybridized carbons (Fsp3) is 0.286. The van der Waals surface area contributed by atoms with Crippen LogP contribution in [0.3, 0.4) is 0 Å². The second-order valence-electron chi connectivity index (χ2n) is 4.37.